The van der Waals surface area contributed by atoms with Crippen molar-refractivity contribution in [3.8, 4) is 0 Å². The van der Waals surface area contributed by atoms with Crippen LogP contribution in [-0.4, -0.2) is 31.9 Å². The van der Waals surface area contributed by atoms with Crippen molar-refractivity contribution < 1.29 is 13.2 Å². The zero-order chi connectivity index (χ0) is 14.9. The highest BCUT2D eigenvalue weighted by Crippen LogP contribution is 2.31. The van der Waals surface area contributed by atoms with E-state index in [4.69, 9.17) is 23.2 Å². The zero-order valence-electron chi connectivity index (χ0n) is 11.0. The Morgan fingerprint density at radius 2 is 2.05 bits per heavy atom. The zero-order valence-corrected chi connectivity index (χ0v) is 13.3. The van der Waals surface area contributed by atoms with E-state index in [0.29, 0.717) is 28.6 Å². The first-order valence-corrected chi connectivity index (χ1v) is 8.89. The van der Waals surface area contributed by atoms with Crippen molar-refractivity contribution in [3.63, 3.8) is 0 Å². The molecule has 1 fully saturated rings. The second kappa shape index (κ2) is 5.92. The Hall–Kier alpha value is -0.780. The summed E-state index contributed by atoms with van der Waals surface area (Å²) in [5.74, 6) is -0.00338. The van der Waals surface area contributed by atoms with Gasteiger partial charge in [-0.05, 0) is 24.6 Å². The van der Waals surface area contributed by atoms with Crippen LogP contribution in [-0.2, 0) is 14.6 Å². The molecule has 110 valence electrons. The number of halogens is 2. The molecule has 1 unspecified atom stereocenters. The minimum atomic E-state index is -3.06. The topological polar surface area (TPSA) is 54.5 Å². The molecular formula is C13H15Cl2NO3S. The van der Waals surface area contributed by atoms with Gasteiger partial charge in [-0.1, -0.05) is 30.1 Å². The minimum absolute atomic E-state index is 0.00101. The van der Waals surface area contributed by atoms with Gasteiger partial charge in [0, 0.05) is 12.1 Å². The first kappa shape index (κ1) is 15.6. The number of sulfone groups is 1. The Labute approximate surface area is 128 Å². The summed E-state index contributed by atoms with van der Waals surface area (Å²) in [7, 11) is -3.06. The highest BCUT2D eigenvalue weighted by molar-refractivity contribution is 7.91. The van der Waals surface area contributed by atoms with Gasteiger partial charge in [0.1, 0.15) is 0 Å². The normalized spacial score (nSPS) is 20.9. The Morgan fingerprint density at radius 3 is 2.55 bits per heavy atom. The van der Waals surface area contributed by atoms with E-state index < -0.39 is 9.84 Å². The number of nitrogens with zero attached hydrogens (tertiary/aromatic N) is 1. The summed E-state index contributed by atoms with van der Waals surface area (Å²) in [6.45, 7) is 1.75. The van der Waals surface area contributed by atoms with Gasteiger partial charge in [-0.25, -0.2) is 8.42 Å². The number of benzene rings is 1. The molecule has 1 aliphatic heterocycles. The van der Waals surface area contributed by atoms with Crippen molar-refractivity contribution in [2.75, 3.05) is 16.4 Å². The van der Waals surface area contributed by atoms with Crippen LogP contribution in [0.15, 0.2) is 18.2 Å². The molecule has 0 spiro atoms. The SMILES string of the molecule is CCC(=O)N(c1ccc(Cl)c(Cl)c1)C1CCS(=O)(=O)C1. The Balaban J connectivity index is 2.38. The number of carbonyl (C=O) groups excluding carboxylic acids is 1. The highest BCUT2D eigenvalue weighted by atomic mass is 35.5. The molecule has 0 aromatic heterocycles. The van der Waals surface area contributed by atoms with E-state index in [0.717, 1.165) is 0 Å². The summed E-state index contributed by atoms with van der Waals surface area (Å²) in [6, 6.07) is 4.57. The second-order valence-corrected chi connectivity index (χ2v) is 7.82. The number of anilines is 1. The molecule has 1 saturated heterocycles. The molecule has 1 aromatic carbocycles. The lowest BCUT2D eigenvalue weighted by atomic mass is 10.1. The van der Waals surface area contributed by atoms with Crippen LogP contribution in [0.4, 0.5) is 5.69 Å². The number of hydrogen-bond donors (Lipinski definition) is 0. The van der Waals surface area contributed by atoms with E-state index in [-0.39, 0.29) is 23.5 Å². The molecule has 4 nitrogen and oxygen atoms in total. The Kier molecular flexibility index (Phi) is 4.62. The monoisotopic (exact) mass is 335 g/mol. The van der Waals surface area contributed by atoms with Crippen LogP contribution in [0, 0.1) is 0 Å². The van der Waals surface area contributed by atoms with E-state index in [9.17, 15) is 13.2 Å². The van der Waals surface area contributed by atoms with Gasteiger partial charge in [-0.2, -0.15) is 0 Å². The van der Waals surface area contributed by atoms with E-state index >= 15 is 0 Å². The first-order valence-electron chi connectivity index (χ1n) is 6.31. The third-order valence-electron chi connectivity index (χ3n) is 3.33. The van der Waals surface area contributed by atoms with Crippen LogP contribution in [0.2, 0.25) is 10.0 Å². The molecule has 0 bridgehead atoms. The van der Waals surface area contributed by atoms with Gasteiger partial charge in [0.15, 0.2) is 9.84 Å². The maximum absolute atomic E-state index is 12.2. The van der Waals surface area contributed by atoms with Crippen LogP contribution in [0.5, 0.6) is 0 Å². The first-order chi connectivity index (χ1) is 9.34. The van der Waals surface area contributed by atoms with Crippen molar-refractivity contribution in [1.29, 1.82) is 0 Å². The van der Waals surface area contributed by atoms with Gasteiger partial charge < -0.3 is 4.90 Å². The van der Waals surface area contributed by atoms with Gasteiger partial charge in [-0.15, -0.1) is 0 Å². The number of amides is 1. The quantitative estimate of drug-likeness (QED) is 0.853. The summed E-state index contributed by atoms with van der Waals surface area (Å²) >= 11 is 11.9. The lowest BCUT2D eigenvalue weighted by Gasteiger charge is -2.28. The van der Waals surface area contributed by atoms with Crippen LogP contribution in [0.1, 0.15) is 19.8 Å². The van der Waals surface area contributed by atoms with Crippen molar-refractivity contribution in [2.24, 2.45) is 0 Å². The molecule has 1 amide bonds. The fraction of sp³-hybridized carbons (Fsp3) is 0.462. The molecule has 0 saturated carbocycles. The average Bonchev–Trinajstić information content (AvgIpc) is 2.74. The maximum atomic E-state index is 12.2. The predicted molar refractivity (Wildman–Crippen MR) is 81.3 cm³/mol. The van der Waals surface area contributed by atoms with E-state index in [2.05, 4.69) is 0 Å². The third-order valence-corrected chi connectivity index (χ3v) is 5.82. The summed E-state index contributed by atoms with van der Waals surface area (Å²) in [6.07, 6.45) is 0.755. The lowest BCUT2D eigenvalue weighted by molar-refractivity contribution is -0.118. The number of rotatable bonds is 3. The van der Waals surface area contributed by atoms with Gasteiger partial charge in [0.2, 0.25) is 5.91 Å². The van der Waals surface area contributed by atoms with Gasteiger partial charge in [0.05, 0.1) is 27.6 Å². The highest BCUT2D eigenvalue weighted by Gasteiger charge is 2.35. The fourth-order valence-electron chi connectivity index (χ4n) is 2.34. The Bertz CT molecular complexity index is 631. The van der Waals surface area contributed by atoms with Crippen molar-refractivity contribution in [2.45, 2.75) is 25.8 Å². The molecule has 1 atom stereocenters. The molecule has 0 aliphatic carbocycles. The summed E-state index contributed by atoms with van der Waals surface area (Å²) in [5, 5.41) is 0.747. The smallest absolute Gasteiger partial charge is 0.226 e. The van der Waals surface area contributed by atoms with E-state index in [1.165, 1.54) is 4.90 Å². The Morgan fingerprint density at radius 1 is 1.35 bits per heavy atom. The largest absolute Gasteiger partial charge is 0.308 e. The number of hydrogen-bond acceptors (Lipinski definition) is 3. The molecule has 20 heavy (non-hydrogen) atoms. The molecule has 1 heterocycles. The van der Waals surface area contributed by atoms with E-state index in [1.807, 2.05) is 0 Å². The van der Waals surface area contributed by atoms with Crippen LogP contribution in [0.25, 0.3) is 0 Å². The average molecular weight is 336 g/mol. The summed E-state index contributed by atoms with van der Waals surface area (Å²) in [4.78, 5) is 13.7. The van der Waals surface area contributed by atoms with Crippen molar-refractivity contribution >= 4 is 44.6 Å². The third kappa shape index (κ3) is 3.27. The molecule has 7 heteroatoms. The van der Waals surface area contributed by atoms with Gasteiger partial charge >= 0.3 is 0 Å². The standard InChI is InChI=1S/C13H15Cl2NO3S/c1-2-13(17)16(10-5-6-20(18,19)8-10)9-3-4-11(14)12(15)7-9/h3-4,7,10H,2,5-6,8H2,1H3. The lowest BCUT2D eigenvalue weighted by Crippen LogP contribution is -2.41. The number of carbonyl (C=O) groups is 1. The molecule has 2 rings (SSSR count). The van der Waals surface area contributed by atoms with E-state index in [1.54, 1.807) is 25.1 Å². The van der Waals surface area contributed by atoms with Crippen LogP contribution in [0.3, 0.4) is 0 Å². The minimum Gasteiger partial charge on any atom is -0.308 e. The maximum Gasteiger partial charge on any atom is 0.226 e. The van der Waals surface area contributed by atoms with Crippen molar-refractivity contribution in [3.05, 3.63) is 28.2 Å². The van der Waals surface area contributed by atoms with Crippen molar-refractivity contribution in [1.82, 2.24) is 0 Å². The summed E-state index contributed by atoms with van der Waals surface area (Å²) < 4.78 is 23.2. The fourth-order valence-corrected chi connectivity index (χ4v) is 4.33. The van der Waals surface area contributed by atoms with Gasteiger partial charge in [-0.3, -0.25) is 4.79 Å². The second-order valence-electron chi connectivity index (χ2n) is 4.77. The molecule has 0 radical (unpaired) electrons. The van der Waals surface area contributed by atoms with Crippen LogP contribution >= 0.6 is 23.2 Å². The molecular weight excluding hydrogens is 321 g/mol. The molecule has 0 N–H and O–H groups in total. The van der Waals surface area contributed by atoms with Gasteiger partial charge in [0.25, 0.3) is 0 Å². The molecule has 1 aliphatic rings. The van der Waals surface area contributed by atoms with Crippen LogP contribution < -0.4 is 4.90 Å². The molecule has 1 aromatic rings. The summed E-state index contributed by atoms with van der Waals surface area (Å²) in [5.41, 5.74) is 0.591. The predicted octanol–water partition coefficient (Wildman–Crippen LogP) is 2.92.